The molecule has 0 bridgehead atoms. The quantitative estimate of drug-likeness (QED) is 0.713. The van der Waals surface area contributed by atoms with Crippen molar-refractivity contribution < 1.29 is 14.7 Å². The Hall–Kier alpha value is -0.710. The number of aliphatic carboxylic acids is 1. The van der Waals surface area contributed by atoms with Gasteiger partial charge in [-0.1, -0.05) is 26.7 Å². The van der Waals surface area contributed by atoms with Gasteiger partial charge in [-0.2, -0.15) is 0 Å². The number of unbranched alkanes of at least 4 members (excludes halogenated alkanes) is 1. The third-order valence-corrected chi connectivity index (χ3v) is 4.29. The van der Waals surface area contributed by atoms with E-state index in [0.29, 0.717) is 12.2 Å². The second kappa shape index (κ2) is 6.89. The number of rotatable bonds is 6. The second-order valence-electron chi connectivity index (χ2n) is 4.32. The lowest BCUT2D eigenvalue weighted by Gasteiger charge is -2.30. The summed E-state index contributed by atoms with van der Waals surface area (Å²) in [5.74, 6) is -0.698. The van der Waals surface area contributed by atoms with Gasteiger partial charge >= 0.3 is 0 Å². The van der Waals surface area contributed by atoms with Crippen LogP contribution < -0.4 is 5.11 Å². The molecule has 0 aliphatic carbocycles. The number of carboxylic acid groups (broad SMARTS) is 1. The molecule has 0 radical (unpaired) electrons. The third kappa shape index (κ3) is 3.63. The molecule has 1 aliphatic rings. The van der Waals surface area contributed by atoms with E-state index in [2.05, 4.69) is 0 Å². The fraction of sp³-hybridized carbons (Fsp3) is 0.833. The second-order valence-corrected chi connectivity index (χ2v) is 5.53. The lowest BCUT2D eigenvalue weighted by Crippen LogP contribution is -2.50. The molecule has 1 aliphatic heterocycles. The predicted octanol–water partition coefficient (Wildman–Crippen LogP) is 0.997. The van der Waals surface area contributed by atoms with Crippen LogP contribution in [0.3, 0.4) is 0 Å². The van der Waals surface area contributed by atoms with Crippen molar-refractivity contribution in [2.24, 2.45) is 0 Å². The molecule has 2 atom stereocenters. The third-order valence-electron chi connectivity index (χ3n) is 2.93. The monoisotopic (exact) mass is 258 g/mol. The summed E-state index contributed by atoms with van der Waals surface area (Å²) < 4.78 is 0. The van der Waals surface area contributed by atoms with Crippen LogP contribution in [-0.2, 0) is 9.59 Å². The van der Waals surface area contributed by atoms with Crippen LogP contribution in [0, 0.1) is 0 Å². The van der Waals surface area contributed by atoms with Gasteiger partial charge in [-0.3, -0.25) is 4.79 Å². The van der Waals surface area contributed by atoms with Gasteiger partial charge in [0.25, 0.3) is 0 Å². The normalized spacial score (nSPS) is 24.0. The Morgan fingerprint density at radius 1 is 1.35 bits per heavy atom. The van der Waals surface area contributed by atoms with Crippen LogP contribution in [-0.4, -0.2) is 33.9 Å². The summed E-state index contributed by atoms with van der Waals surface area (Å²) in [6, 6.07) is -0.735. The SMILES string of the molecule is CCCCC(=O)N1[C@H](CCC)SC[C@@H]1C(=O)[O-]. The summed E-state index contributed by atoms with van der Waals surface area (Å²) in [5.41, 5.74) is 0. The maximum Gasteiger partial charge on any atom is 0.224 e. The number of nitrogens with zero attached hydrogens (tertiary/aromatic N) is 1. The van der Waals surface area contributed by atoms with Crippen molar-refractivity contribution in [3.63, 3.8) is 0 Å². The molecule has 0 aromatic heterocycles. The van der Waals surface area contributed by atoms with Crippen LogP contribution >= 0.6 is 11.8 Å². The molecule has 1 fully saturated rings. The Balaban J connectivity index is 2.70. The van der Waals surface area contributed by atoms with Gasteiger partial charge in [0, 0.05) is 12.2 Å². The van der Waals surface area contributed by atoms with Gasteiger partial charge < -0.3 is 14.8 Å². The van der Waals surface area contributed by atoms with Crippen LogP contribution in [0.15, 0.2) is 0 Å². The molecule has 17 heavy (non-hydrogen) atoms. The molecule has 5 heteroatoms. The summed E-state index contributed by atoms with van der Waals surface area (Å²) in [6.07, 6.45) is 4.02. The van der Waals surface area contributed by atoms with Gasteiger partial charge in [0.05, 0.1) is 17.4 Å². The summed E-state index contributed by atoms with van der Waals surface area (Å²) in [5, 5.41) is 11.0. The molecular weight excluding hydrogens is 238 g/mol. The fourth-order valence-corrected chi connectivity index (χ4v) is 3.53. The van der Waals surface area contributed by atoms with E-state index in [1.54, 1.807) is 16.7 Å². The van der Waals surface area contributed by atoms with Crippen LogP contribution in [0.25, 0.3) is 0 Å². The average molecular weight is 258 g/mol. The largest absolute Gasteiger partial charge is 0.548 e. The van der Waals surface area contributed by atoms with Crippen LogP contribution in [0.2, 0.25) is 0 Å². The first-order valence-electron chi connectivity index (χ1n) is 6.25. The molecule has 0 N–H and O–H groups in total. The molecule has 98 valence electrons. The Kier molecular flexibility index (Phi) is 5.82. The van der Waals surface area contributed by atoms with E-state index in [4.69, 9.17) is 0 Å². The Morgan fingerprint density at radius 2 is 2.06 bits per heavy atom. The molecule has 0 aromatic rings. The molecule has 1 saturated heterocycles. The van der Waals surface area contributed by atoms with Crippen molar-refractivity contribution in [1.82, 2.24) is 4.90 Å². The van der Waals surface area contributed by atoms with E-state index < -0.39 is 12.0 Å². The fourth-order valence-electron chi connectivity index (χ4n) is 2.01. The summed E-state index contributed by atoms with van der Waals surface area (Å²) in [7, 11) is 0. The van der Waals surface area contributed by atoms with E-state index in [1.807, 2.05) is 13.8 Å². The van der Waals surface area contributed by atoms with E-state index in [0.717, 1.165) is 25.7 Å². The number of carbonyl (C=O) groups is 2. The highest BCUT2D eigenvalue weighted by atomic mass is 32.2. The predicted molar refractivity (Wildman–Crippen MR) is 66.3 cm³/mol. The maximum absolute atomic E-state index is 12.0. The maximum atomic E-state index is 12.0. The van der Waals surface area contributed by atoms with Crippen molar-refractivity contribution in [3.05, 3.63) is 0 Å². The number of amides is 1. The number of carboxylic acids is 1. The van der Waals surface area contributed by atoms with Gasteiger partial charge in [0.15, 0.2) is 0 Å². The van der Waals surface area contributed by atoms with Gasteiger partial charge in [0.2, 0.25) is 5.91 Å². The molecule has 0 aromatic carbocycles. The zero-order valence-corrected chi connectivity index (χ0v) is 11.3. The first-order valence-corrected chi connectivity index (χ1v) is 7.30. The lowest BCUT2D eigenvalue weighted by molar-refractivity contribution is -0.310. The smallest absolute Gasteiger partial charge is 0.224 e. The van der Waals surface area contributed by atoms with Gasteiger partial charge in [0.1, 0.15) is 0 Å². The van der Waals surface area contributed by atoms with Crippen molar-refractivity contribution in [2.45, 2.75) is 57.4 Å². The average Bonchev–Trinajstić information content (AvgIpc) is 2.70. The Morgan fingerprint density at radius 3 is 2.59 bits per heavy atom. The Bertz CT molecular complexity index is 283. The highest BCUT2D eigenvalue weighted by Gasteiger charge is 2.37. The molecule has 0 unspecified atom stereocenters. The van der Waals surface area contributed by atoms with Gasteiger partial charge in [-0.15, -0.1) is 11.8 Å². The molecule has 1 amide bonds. The minimum Gasteiger partial charge on any atom is -0.548 e. The zero-order valence-electron chi connectivity index (χ0n) is 10.5. The summed E-state index contributed by atoms with van der Waals surface area (Å²) in [6.45, 7) is 4.06. The van der Waals surface area contributed by atoms with E-state index in [1.165, 1.54) is 0 Å². The van der Waals surface area contributed by atoms with Crippen LogP contribution in [0.1, 0.15) is 46.0 Å². The van der Waals surface area contributed by atoms with Crippen LogP contribution in [0.5, 0.6) is 0 Å². The number of carbonyl (C=O) groups excluding carboxylic acids is 2. The Labute approximate surface area is 107 Å². The van der Waals surface area contributed by atoms with Crippen molar-refractivity contribution >= 4 is 23.6 Å². The van der Waals surface area contributed by atoms with Gasteiger partial charge in [-0.25, -0.2) is 0 Å². The summed E-state index contributed by atoms with van der Waals surface area (Å²) >= 11 is 1.56. The van der Waals surface area contributed by atoms with Crippen LogP contribution in [0.4, 0.5) is 0 Å². The zero-order chi connectivity index (χ0) is 12.8. The first kappa shape index (κ1) is 14.4. The van der Waals surface area contributed by atoms with Gasteiger partial charge in [-0.05, 0) is 12.8 Å². The molecule has 0 saturated carbocycles. The van der Waals surface area contributed by atoms with E-state index in [9.17, 15) is 14.7 Å². The molecule has 1 heterocycles. The molecule has 1 rings (SSSR count). The lowest BCUT2D eigenvalue weighted by atomic mass is 10.2. The van der Waals surface area contributed by atoms with Crippen molar-refractivity contribution in [1.29, 1.82) is 0 Å². The highest BCUT2D eigenvalue weighted by molar-refractivity contribution is 8.00. The minimum absolute atomic E-state index is 0.0206. The number of thioether (sulfide) groups is 1. The first-order chi connectivity index (χ1) is 8.11. The van der Waals surface area contributed by atoms with Crippen molar-refractivity contribution in [3.8, 4) is 0 Å². The summed E-state index contributed by atoms with van der Waals surface area (Å²) in [4.78, 5) is 24.6. The standard InChI is InChI=1S/C12H21NO3S/c1-3-5-7-10(14)13-9(12(15)16)8-17-11(13)6-4-2/h9,11H,3-8H2,1-2H3,(H,15,16)/p-1/t9-,11+/m1/s1. The highest BCUT2D eigenvalue weighted by Crippen LogP contribution is 2.32. The van der Waals surface area contributed by atoms with E-state index in [-0.39, 0.29) is 11.3 Å². The topological polar surface area (TPSA) is 60.4 Å². The number of hydrogen-bond acceptors (Lipinski definition) is 4. The van der Waals surface area contributed by atoms with E-state index >= 15 is 0 Å². The molecule has 0 spiro atoms. The molecule has 4 nitrogen and oxygen atoms in total. The minimum atomic E-state index is -1.12. The number of hydrogen-bond donors (Lipinski definition) is 0. The molecular formula is C12H20NO3S-. The van der Waals surface area contributed by atoms with Crippen molar-refractivity contribution in [2.75, 3.05) is 5.75 Å².